The van der Waals surface area contributed by atoms with E-state index in [1.165, 1.54) is 6.08 Å². The third-order valence-corrected chi connectivity index (χ3v) is 5.10. The number of carbonyl (C=O) groups excluding carboxylic acids is 2. The van der Waals surface area contributed by atoms with Crippen LogP contribution in [0.15, 0.2) is 35.0 Å². The number of rotatable bonds is 3. The number of benzene rings is 1. The van der Waals surface area contributed by atoms with Crippen LogP contribution in [0.25, 0.3) is 0 Å². The van der Waals surface area contributed by atoms with Crippen LogP contribution in [-0.4, -0.2) is 22.9 Å². The molecule has 6 heteroatoms. The molecular formula is C17H15Cl2NO3. The highest BCUT2D eigenvalue weighted by Gasteiger charge is 2.59. The van der Waals surface area contributed by atoms with Crippen LogP contribution in [-0.2, 0) is 14.4 Å². The van der Waals surface area contributed by atoms with Crippen molar-refractivity contribution in [1.82, 2.24) is 0 Å². The first kappa shape index (κ1) is 16.2. The molecule has 0 fully saturated rings. The highest BCUT2D eigenvalue weighted by atomic mass is 35.5. The Bertz CT molecular complexity index is 749. The van der Waals surface area contributed by atoms with E-state index >= 15 is 0 Å². The summed E-state index contributed by atoms with van der Waals surface area (Å²) in [5.41, 5.74) is -0.0203. The van der Waals surface area contributed by atoms with Gasteiger partial charge in [0, 0.05) is 5.56 Å². The summed E-state index contributed by atoms with van der Waals surface area (Å²) >= 11 is 12.5. The molecule has 1 aromatic carbocycles. The molecule has 23 heavy (non-hydrogen) atoms. The minimum atomic E-state index is -1.28. The average Bonchev–Trinajstić information content (AvgIpc) is 2.92. The first-order valence-electron chi connectivity index (χ1n) is 7.46. The molecule has 1 aliphatic heterocycles. The van der Waals surface area contributed by atoms with Crippen molar-refractivity contribution in [2.45, 2.75) is 32.3 Å². The quantitative estimate of drug-likeness (QED) is 0.827. The number of fused-ring (bicyclic) bond motifs is 1. The van der Waals surface area contributed by atoms with Gasteiger partial charge in [-0.3, -0.25) is 9.59 Å². The summed E-state index contributed by atoms with van der Waals surface area (Å²) in [7, 11) is 0. The third-order valence-electron chi connectivity index (χ3n) is 4.47. The second kappa shape index (κ2) is 5.77. The maximum absolute atomic E-state index is 12.9. The van der Waals surface area contributed by atoms with E-state index in [9.17, 15) is 9.59 Å². The first-order valence-corrected chi connectivity index (χ1v) is 8.21. The maximum atomic E-state index is 12.9. The predicted molar refractivity (Wildman–Crippen MR) is 89.0 cm³/mol. The van der Waals surface area contributed by atoms with Gasteiger partial charge in [-0.1, -0.05) is 48.3 Å². The summed E-state index contributed by atoms with van der Waals surface area (Å²) in [4.78, 5) is 31.0. The van der Waals surface area contributed by atoms with Crippen molar-refractivity contribution in [1.29, 1.82) is 0 Å². The van der Waals surface area contributed by atoms with E-state index in [0.29, 0.717) is 39.7 Å². The SMILES string of the molecule is CCC1=CC(=O)C2(CC)ON=C(c3c(Cl)cccc3Cl)C2C1=O. The van der Waals surface area contributed by atoms with Crippen LogP contribution in [0.4, 0.5) is 0 Å². The minimum absolute atomic E-state index is 0.152. The molecule has 0 saturated carbocycles. The summed E-state index contributed by atoms with van der Waals surface area (Å²) in [6.45, 7) is 3.64. The summed E-state index contributed by atoms with van der Waals surface area (Å²) < 4.78 is 0. The Hall–Kier alpha value is -1.65. The Balaban J connectivity index is 2.18. The highest BCUT2D eigenvalue weighted by molar-refractivity contribution is 6.42. The van der Waals surface area contributed by atoms with Gasteiger partial charge in [-0.25, -0.2) is 0 Å². The van der Waals surface area contributed by atoms with E-state index in [2.05, 4.69) is 5.16 Å². The Morgan fingerprint density at radius 3 is 2.43 bits per heavy atom. The van der Waals surface area contributed by atoms with E-state index in [-0.39, 0.29) is 11.6 Å². The molecule has 0 amide bonds. The first-order chi connectivity index (χ1) is 11.0. The monoisotopic (exact) mass is 351 g/mol. The number of allylic oxidation sites excluding steroid dienone is 1. The molecule has 1 aliphatic carbocycles. The second-order valence-corrected chi connectivity index (χ2v) is 6.41. The largest absolute Gasteiger partial charge is 0.379 e. The fourth-order valence-corrected chi connectivity index (χ4v) is 3.76. The van der Waals surface area contributed by atoms with E-state index in [1.54, 1.807) is 25.1 Å². The van der Waals surface area contributed by atoms with E-state index in [0.717, 1.165) is 0 Å². The van der Waals surface area contributed by atoms with Gasteiger partial charge < -0.3 is 4.84 Å². The summed E-state index contributed by atoms with van der Waals surface area (Å²) in [5, 5.41) is 4.81. The molecule has 120 valence electrons. The van der Waals surface area contributed by atoms with Gasteiger partial charge >= 0.3 is 0 Å². The number of hydrogen-bond acceptors (Lipinski definition) is 4. The predicted octanol–water partition coefficient (Wildman–Crippen LogP) is 3.98. The lowest BCUT2D eigenvalue weighted by molar-refractivity contribution is -0.148. The fourth-order valence-electron chi connectivity index (χ4n) is 3.17. The zero-order valence-corrected chi connectivity index (χ0v) is 14.2. The Labute approximate surface area is 144 Å². The number of nitrogens with zero attached hydrogens (tertiary/aromatic N) is 1. The molecular weight excluding hydrogens is 337 g/mol. The van der Waals surface area contributed by atoms with Gasteiger partial charge in [0.25, 0.3) is 0 Å². The van der Waals surface area contributed by atoms with Crippen LogP contribution in [0.3, 0.4) is 0 Å². The molecule has 1 heterocycles. The molecule has 2 atom stereocenters. The topological polar surface area (TPSA) is 55.7 Å². The van der Waals surface area contributed by atoms with Crippen molar-refractivity contribution in [3.05, 3.63) is 45.5 Å². The Kier molecular flexibility index (Phi) is 4.07. The second-order valence-electron chi connectivity index (χ2n) is 5.59. The molecule has 3 rings (SSSR count). The lowest BCUT2D eigenvalue weighted by Crippen LogP contribution is -2.52. The number of hydrogen-bond donors (Lipinski definition) is 0. The van der Waals surface area contributed by atoms with Crippen LogP contribution >= 0.6 is 23.2 Å². The molecule has 0 saturated heterocycles. The third kappa shape index (κ3) is 2.24. The van der Waals surface area contributed by atoms with Crippen LogP contribution in [0.5, 0.6) is 0 Å². The summed E-state index contributed by atoms with van der Waals surface area (Å²) in [6, 6.07) is 5.05. The molecule has 1 aromatic rings. The lowest BCUT2D eigenvalue weighted by atomic mass is 9.69. The normalized spacial score (nSPS) is 26.5. The summed E-state index contributed by atoms with van der Waals surface area (Å²) in [6.07, 6.45) is 2.20. The van der Waals surface area contributed by atoms with Crippen molar-refractivity contribution in [2.75, 3.05) is 0 Å². The van der Waals surface area contributed by atoms with Gasteiger partial charge in [0.05, 0.1) is 10.0 Å². The molecule has 0 bridgehead atoms. The van der Waals surface area contributed by atoms with E-state index in [1.807, 2.05) is 6.92 Å². The fraction of sp³-hybridized carbons (Fsp3) is 0.353. The molecule has 0 aromatic heterocycles. The maximum Gasteiger partial charge on any atom is 0.214 e. The highest BCUT2D eigenvalue weighted by Crippen LogP contribution is 2.44. The van der Waals surface area contributed by atoms with Crippen molar-refractivity contribution in [3.63, 3.8) is 0 Å². The smallest absolute Gasteiger partial charge is 0.214 e. The molecule has 2 unspecified atom stereocenters. The molecule has 0 radical (unpaired) electrons. The van der Waals surface area contributed by atoms with Gasteiger partial charge in [-0.15, -0.1) is 0 Å². The van der Waals surface area contributed by atoms with Crippen molar-refractivity contribution in [2.24, 2.45) is 11.1 Å². The standard InChI is InChI=1S/C17H15Cl2NO3/c1-3-9-8-12(21)17(4-2)14(16(9)22)15(20-23-17)13-10(18)6-5-7-11(13)19/h5-8,14H,3-4H2,1-2H3. The van der Waals surface area contributed by atoms with E-state index in [4.69, 9.17) is 28.0 Å². The number of ketones is 2. The van der Waals surface area contributed by atoms with Crippen molar-refractivity contribution in [3.8, 4) is 0 Å². The minimum Gasteiger partial charge on any atom is -0.379 e. The van der Waals surface area contributed by atoms with Crippen LogP contribution in [0.1, 0.15) is 32.3 Å². The molecule has 4 nitrogen and oxygen atoms in total. The van der Waals surface area contributed by atoms with Gasteiger partial charge in [0.2, 0.25) is 11.4 Å². The number of halogens is 2. The Morgan fingerprint density at radius 2 is 1.87 bits per heavy atom. The van der Waals surface area contributed by atoms with Crippen LogP contribution in [0, 0.1) is 5.92 Å². The van der Waals surface area contributed by atoms with Crippen molar-refractivity contribution < 1.29 is 14.4 Å². The van der Waals surface area contributed by atoms with Gasteiger partial charge in [-0.05, 0) is 36.6 Å². The zero-order chi connectivity index (χ0) is 16.8. The average molecular weight is 352 g/mol. The van der Waals surface area contributed by atoms with Gasteiger partial charge in [0.1, 0.15) is 11.6 Å². The number of carbonyl (C=O) groups is 2. The number of Topliss-reactive ketones (excluding diaryl/α,β-unsaturated/α-hetero) is 1. The summed E-state index contributed by atoms with van der Waals surface area (Å²) in [5.74, 6) is -1.19. The molecule has 0 spiro atoms. The molecule has 2 aliphatic rings. The number of oxime groups is 1. The van der Waals surface area contributed by atoms with Gasteiger partial charge in [-0.2, -0.15) is 0 Å². The Morgan fingerprint density at radius 1 is 1.22 bits per heavy atom. The van der Waals surface area contributed by atoms with Gasteiger partial charge in [0.15, 0.2) is 5.78 Å². The lowest BCUT2D eigenvalue weighted by Gasteiger charge is -2.33. The van der Waals surface area contributed by atoms with Crippen molar-refractivity contribution >= 4 is 40.5 Å². The van der Waals surface area contributed by atoms with Crippen LogP contribution in [0.2, 0.25) is 10.0 Å². The zero-order valence-electron chi connectivity index (χ0n) is 12.7. The molecule has 0 N–H and O–H groups in total. The van der Waals surface area contributed by atoms with E-state index < -0.39 is 11.5 Å². The van der Waals surface area contributed by atoms with Crippen LogP contribution < -0.4 is 0 Å².